The first kappa shape index (κ1) is 13.8. The fourth-order valence-corrected chi connectivity index (χ4v) is 2.55. The second-order valence-electron chi connectivity index (χ2n) is 5.31. The van der Waals surface area contributed by atoms with Crippen LogP contribution in [0.15, 0.2) is 36.7 Å². The van der Waals surface area contributed by atoms with E-state index in [-0.39, 0.29) is 0 Å². The molecule has 0 aliphatic heterocycles. The first-order valence-electron chi connectivity index (χ1n) is 7.40. The largest absolute Gasteiger partial charge is 0.313 e. The lowest BCUT2D eigenvalue weighted by Gasteiger charge is -2.00. The van der Waals surface area contributed by atoms with E-state index in [1.807, 2.05) is 28.7 Å². The van der Waals surface area contributed by atoms with Gasteiger partial charge < -0.3 is 5.32 Å². The summed E-state index contributed by atoms with van der Waals surface area (Å²) in [5, 5.41) is 13.6. The molecule has 5 heteroatoms. The Morgan fingerprint density at radius 2 is 2.10 bits per heavy atom. The van der Waals surface area contributed by atoms with Crippen LogP contribution in [-0.4, -0.2) is 26.1 Å². The number of nitrogens with zero attached hydrogens (tertiary/aromatic N) is 4. The summed E-state index contributed by atoms with van der Waals surface area (Å²) in [6, 6.07) is 8.30. The standard InChI is InChI=1S/C16H21N5/c1-3-8-17-9-13-10-18-21(11-13)12-15-14-6-4-5-7-16(14)20(2)19-15/h4-7,10-11,17H,3,8-9,12H2,1-2H3. The summed E-state index contributed by atoms with van der Waals surface area (Å²) in [6.45, 7) is 4.78. The molecule has 3 aromatic rings. The van der Waals surface area contributed by atoms with E-state index in [4.69, 9.17) is 0 Å². The minimum atomic E-state index is 0.704. The van der Waals surface area contributed by atoms with Crippen LogP contribution in [0.4, 0.5) is 0 Å². The van der Waals surface area contributed by atoms with Crippen LogP contribution in [0.3, 0.4) is 0 Å². The molecule has 5 nitrogen and oxygen atoms in total. The number of aryl methyl sites for hydroxylation is 1. The third kappa shape index (κ3) is 2.97. The van der Waals surface area contributed by atoms with Crippen molar-refractivity contribution in [2.75, 3.05) is 6.54 Å². The van der Waals surface area contributed by atoms with Gasteiger partial charge in [-0.3, -0.25) is 9.36 Å². The lowest BCUT2D eigenvalue weighted by Crippen LogP contribution is -2.13. The number of fused-ring (bicyclic) bond motifs is 1. The number of rotatable bonds is 6. The van der Waals surface area contributed by atoms with Crippen molar-refractivity contribution in [3.05, 3.63) is 47.9 Å². The summed E-state index contributed by atoms with van der Waals surface area (Å²) in [5.74, 6) is 0. The van der Waals surface area contributed by atoms with E-state index in [1.54, 1.807) is 0 Å². The van der Waals surface area contributed by atoms with Gasteiger partial charge in [0.1, 0.15) is 0 Å². The molecule has 0 fully saturated rings. The molecule has 0 spiro atoms. The zero-order valence-electron chi connectivity index (χ0n) is 12.6. The highest BCUT2D eigenvalue weighted by atomic mass is 15.3. The molecule has 0 atom stereocenters. The van der Waals surface area contributed by atoms with Gasteiger partial charge in [-0.2, -0.15) is 10.2 Å². The van der Waals surface area contributed by atoms with Crippen LogP contribution in [-0.2, 0) is 20.1 Å². The molecule has 0 bridgehead atoms. The van der Waals surface area contributed by atoms with Crippen LogP contribution >= 0.6 is 0 Å². The highest BCUT2D eigenvalue weighted by Crippen LogP contribution is 2.18. The topological polar surface area (TPSA) is 47.7 Å². The van der Waals surface area contributed by atoms with Gasteiger partial charge in [0.05, 0.1) is 24.0 Å². The molecule has 0 amide bonds. The molecule has 0 saturated carbocycles. The fraction of sp³-hybridized carbons (Fsp3) is 0.375. The number of aromatic nitrogens is 4. The zero-order valence-corrected chi connectivity index (χ0v) is 12.6. The third-order valence-electron chi connectivity index (χ3n) is 3.59. The average molecular weight is 283 g/mol. The number of hydrogen-bond acceptors (Lipinski definition) is 3. The Kier molecular flexibility index (Phi) is 4.01. The predicted octanol–water partition coefficient (Wildman–Crippen LogP) is 2.32. The number of para-hydroxylation sites is 1. The van der Waals surface area contributed by atoms with Crippen molar-refractivity contribution in [3.8, 4) is 0 Å². The number of benzene rings is 1. The molecule has 110 valence electrons. The van der Waals surface area contributed by atoms with E-state index in [0.29, 0.717) is 6.54 Å². The normalized spacial score (nSPS) is 11.3. The molecule has 1 aromatic carbocycles. The van der Waals surface area contributed by atoms with Crippen LogP contribution in [0.2, 0.25) is 0 Å². The number of nitrogens with one attached hydrogen (secondary N) is 1. The van der Waals surface area contributed by atoms with Crippen molar-refractivity contribution >= 4 is 10.9 Å². The first-order valence-corrected chi connectivity index (χ1v) is 7.40. The number of hydrogen-bond donors (Lipinski definition) is 1. The molecule has 3 rings (SSSR count). The van der Waals surface area contributed by atoms with Gasteiger partial charge in [0.25, 0.3) is 0 Å². The van der Waals surface area contributed by atoms with Crippen molar-refractivity contribution < 1.29 is 0 Å². The predicted molar refractivity (Wildman–Crippen MR) is 84.0 cm³/mol. The molecule has 0 aliphatic carbocycles. The molecule has 21 heavy (non-hydrogen) atoms. The Hall–Kier alpha value is -2.14. The second kappa shape index (κ2) is 6.10. The maximum absolute atomic E-state index is 4.61. The van der Waals surface area contributed by atoms with Crippen molar-refractivity contribution in [1.29, 1.82) is 0 Å². The SMILES string of the molecule is CCCNCc1cnn(Cc2nn(C)c3ccccc23)c1. The minimum Gasteiger partial charge on any atom is -0.313 e. The molecular formula is C16H21N5. The molecule has 0 aliphatic rings. The fourth-order valence-electron chi connectivity index (χ4n) is 2.55. The average Bonchev–Trinajstić information content (AvgIpc) is 3.06. The summed E-state index contributed by atoms with van der Waals surface area (Å²) in [5.41, 5.74) is 3.43. The Labute approximate surface area is 124 Å². The molecule has 0 radical (unpaired) electrons. The van der Waals surface area contributed by atoms with E-state index < -0.39 is 0 Å². The van der Waals surface area contributed by atoms with Crippen molar-refractivity contribution in [1.82, 2.24) is 24.9 Å². The molecule has 2 aromatic heterocycles. The van der Waals surface area contributed by atoms with Gasteiger partial charge >= 0.3 is 0 Å². The van der Waals surface area contributed by atoms with Gasteiger partial charge in [-0.1, -0.05) is 25.1 Å². The van der Waals surface area contributed by atoms with Gasteiger partial charge in [0.2, 0.25) is 0 Å². The maximum Gasteiger partial charge on any atom is 0.0918 e. The monoisotopic (exact) mass is 283 g/mol. The third-order valence-corrected chi connectivity index (χ3v) is 3.59. The van der Waals surface area contributed by atoms with Crippen molar-refractivity contribution in [3.63, 3.8) is 0 Å². The van der Waals surface area contributed by atoms with Crippen molar-refractivity contribution in [2.45, 2.75) is 26.4 Å². The summed E-state index contributed by atoms with van der Waals surface area (Å²) < 4.78 is 3.88. The highest BCUT2D eigenvalue weighted by molar-refractivity contribution is 5.81. The molecule has 0 saturated heterocycles. The van der Waals surface area contributed by atoms with Gasteiger partial charge in [-0.05, 0) is 19.0 Å². The van der Waals surface area contributed by atoms with Crippen molar-refractivity contribution in [2.24, 2.45) is 7.05 Å². The Morgan fingerprint density at radius 3 is 2.95 bits per heavy atom. The van der Waals surface area contributed by atoms with E-state index in [0.717, 1.165) is 30.7 Å². The smallest absolute Gasteiger partial charge is 0.0918 e. The van der Waals surface area contributed by atoms with Crippen LogP contribution in [0, 0.1) is 0 Å². The van der Waals surface area contributed by atoms with E-state index in [9.17, 15) is 0 Å². The van der Waals surface area contributed by atoms with Gasteiger partial charge in [0.15, 0.2) is 0 Å². The maximum atomic E-state index is 4.61. The summed E-state index contributed by atoms with van der Waals surface area (Å²) in [7, 11) is 1.98. The molecular weight excluding hydrogens is 262 g/mol. The summed E-state index contributed by atoms with van der Waals surface area (Å²) in [6.07, 6.45) is 5.16. The van der Waals surface area contributed by atoms with Gasteiger partial charge in [-0.25, -0.2) is 0 Å². The van der Waals surface area contributed by atoms with E-state index >= 15 is 0 Å². The van der Waals surface area contributed by atoms with Crippen LogP contribution in [0.25, 0.3) is 10.9 Å². The molecule has 2 heterocycles. The zero-order chi connectivity index (χ0) is 14.7. The minimum absolute atomic E-state index is 0.704. The lowest BCUT2D eigenvalue weighted by molar-refractivity contribution is 0.651. The van der Waals surface area contributed by atoms with E-state index in [2.05, 4.69) is 46.8 Å². The van der Waals surface area contributed by atoms with E-state index in [1.165, 1.54) is 10.9 Å². The first-order chi connectivity index (χ1) is 10.3. The van der Waals surface area contributed by atoms with Crippen LogP contribution < -0.4 is 5.32 Å². The van der Waals surface area contributed by atoms with Crippen LogP contribution in [0.5, 0.6) is 0 Å². The summed E-state index contributed by atoms with van der Waals surface area (Å²) in [4.78, 5) is 0. The Bertz CT molecular complexity index is 725. The molecule has 1 N–H and O–H groups in total. The molecule has 0 unspecified atom stereocenters. The summed E-state index contributed by atoms with van der Waals surface area (Å²) >= 11 is 0. The second-order valence-corrected chi connectivity index (χ2v) is 5.31. The Balaban J connectivity index is 1.76. The van der Waals surface area contributed by atoms with Gasteiger partial charge in [0, 0.05) is 30.7 Å². The lowest BCUT2D eigenvalue weighted by atomic mass is 10.2. The van der Waals surface area contributed by atoms with Crippen LogP contribution in [0.1, 0.15) is 24.6 Å². The van der Waals surface area contributed by atoms with Gasteiger partial charge in [-0.15, -0.1) is 0 Å². The Morgan fingerprint density at radius 1 is 1.24 bits per heavy atom. The highest BCUT2D eigenvalue weighted by Gasteiger charge is 2.09. The quantitative estimate of drug-likeness (QED) is 0.706.